The summed E-state index contributed by atoms with van der Waals surface area (Å²) in [4.78, 5) is 10.2. The fraction of sp³-hybridized carbons (Fsp3) is 0.429. The molecule has 0 saturated carbocycles. The van der Waals surface area contributed by atoms with Crippen molar-refractivity contribution in [3.05, 3.63) is 17.5 Å². The van der Waals surface area contributed by atoms with Gasteiger partial charge in [-0.25, -0.2) is 4.68 Å². The maximum absolute atomic E-state index is 12.3. The van der Waals surface area contributed by atoms with Gasteiger partial charge in [0.15, 0.2) is 6.29 Å². The number of halogens is 3. The molecule has 0 N–H and O–H groups in total. The fourth-order valence-corrected chi connectivity index (χ4v) is 0.943. The number of hydrogen-bond donors (Lipinski definition) is 0. The SMILES string of the molecule is COCn1nc(C=O)cc1C(F)(F)F. The Morgan fingerprint density at radius 1 is 1.64 bits per heavy atom. The van der Waals surface area contributed by atoms with Crippen LogP contribution in [0.1, 0.15) is 16.2 Å². The second-order valence-corrected chi connectivity index (χ2v) is 2.49. The lowest BCUT2D eigenvalue weighted by molar-refractivity contribution is -0.146. The molecule has 0 aliphatic rings. The highest BCUT2D eigenvalue weighted by atomic mass is 19.4. The molecule has 0 fully saturated rings. The maximum atomic E-state index is 12.3. The number of carbonyl (C=O) groups is 1. The van der Waals surface area contributed by atoms with Crippen LogP contribution in [0.25, 0.3) is 0 Å². The minimum atomic E-state index is -4.53. The Morgan fingerprint density at radius 2 is 2.29 bits per heavy atom. The molecule has 0 aliphatic carbocycles. The first-order chi connectivity index (χ1) is 6.49. The van der Waals surface area contributed by atoms with Crippen LogP contribution in [0.4, 0.5) is 13.2 Å². The number of carbonyl (C=O) groups excluding carboxylic acids is 1. The van der Waals surface area contributed by atoms with Crippen LogP contribution in [-0.2, 0) is 17.6 Å². The van der Waals surface area contributed by atoms with E-state index in [2.05, 4.69) is 9.84 Å². The van der Waals surface area contributed by atoms with Crippen molar-refractivity contribution in [2.45, 2.75) is 12.9 Å². The first-order valence-electron chi connectivity index (χ1n) is 3.58. The van der Waals surface area contributed by atoms with Gasteiger partial charge in [0.25, 0.3) is 0 Å². The van der Waals surface area contributed by atoms with Crippen LogP contribution < -0.4 is 0 Å². The van der Waals surface area contributed by atoms with E-state index in [-0.39, 0.29) is 18.7 Å². The number of hydrogen-bond acceptors (Lipinski definition) is 3. The van der Waals surface area contributed by atoms with E-state index in [9.17, 15) is 18.0 Å². The second-order valence-electron chi connectivity index (χ2n) is 2.49. The van der Waals surface area contributed by atoms with E-state index in [4.69, 9.17) is 0 Å². The number of ether oxygens (including phenoxy) is 1. The van der Waals surface area contributed by atoms with Crippen LogP contribution in [0.5, 0.6) is 0 Å². The molecule has 0 spiro atoms. The van der Waals surface area contributed by atoms with Gasteiger partial charge in [0.2, 0.25) is 0 Å². The highest BCUT2D eigenvalue weighted by molar-refractivity contribution is 5.71. The zero-order valence-corrected chi connectivity index (χ0v) is 7.21. The molecule has 0 bridgehead atoms. The number of rotatable bonds is 3. The number of nitrogens with zero attached hydrogens (tertiary/aromatic N) is 2. The van der Waals surface area contributed by atoms with Crippen molar-refractivity contribution in [2.75, 3.05) is 7.11 Å². The van der Waals surface area contributed by atoms with Crippen LogP contribution in [-0.4, -0.2) is 23.2 Å². The summed E-state index contributed by atoms with van der Waals surface area (Å²) in [5.74, 6) is 0. The predicted molar refractivity (Wildman–Crippen MR) is 39.6 cm³/mol. The van der Waals surface area contributed by atoms with Crippen molar-refractivity contribution in [1.29, 1.82) is 0 Å². The van der Waals surface area contributed by atoms with Crippen LogP contribution >= 0.6 is 0 Å². The van der Waals surface area contributed by atoms with Gasteiger partial charge >= 0.3 is 6.18 Å². The molecule has 0 aliphatic heterocycles. The molecule has 0 amide bonds. The van der Waals surface area contributed by atoms with Crippen molar-refractivity contribution in [3.8, 4) is 0 Å². The van der Waals surface area contributed by atoms with Gasteiger partial charge in [0, 0.05) is 7.11 Å². The van der Waals surface area contributed by atoms with Gasteiger partial charge < -0.3 is 4.74 Å². The van der Waals surface area contributed by atoms with Crippen molar-refractivity contribution < 1.29 is 22.7 Å². The zero-order chi connectivity index (χ0) is 10.8. The summed E-state index contributed by atoms with van der Waals surface area (Å²) in [6, 6.07) is 0.673. The second kappa shape index (κ2) is 3.79. The quantitative estimate of drug-likeness (QED) is 0.703. The summed E-state index contributed by atoms with van der Waals surface area (Å²) in [5, 5.41) is 3.39. The molecule has 4 nitrogen and oxygen atoms in total. The Kier molecular flexibility index (Phi) is 2.90. The number of aldehydes is 1. The lowest BCUT2D eigenvalue weighted by Crippen LogP contribution is -2.15. The molecule has 1 heterocycles. The largest absolute Gasteiger partial charge is 0.433 e. The lowest BCUT2D eigenvalue weighted by atomic mass is 10.3. The molecule has 1 rings (SSSR count). The molecule has 14 heavy (non-hydrogen) atoms. The Morgan fingerprint density at radius 3 is 2.71 bits per heavy atom. The van der Waals surface area contributed by atoms with Gasteiger partial charge in [-0.2, -0.15) is 18.3 Å². The minimum Gasteiger partial charge on any atom is -0.362 e. The standard InChI is InChI=1S/C7H7F3N2O2/c1-14-4-12-6(7(8,9)10)2-5(3-13)11-12/h2-3H,4H2,1H3. The molecule has 0 saturated heterocycles. The molecule has 0 unspecified atom stereocenters. The van der Waals surface area contributed by atoms with Gasteiger partial charge in [0.05, 0.1) is 0 Å². The zero-order valence-electron chi connectivity index (χ0n) is 7.21. The summed E-state index contributed by atoms with van der Waals surface area (Å²) < 4.78 is 42.0. The summed E-state index contributed by atoms with van der Waals surface area (Å²) in [5.41, 5.74) is -1.27. The molecule has 0 atom stereocenters. The van der Waals surface area contributed by atoms with Gasteiger partial charge in [-0.1, -0.05) is 0 Å². The van der Waals surface area contributed by atoms with Crippen LogP contribution in [0.2, 0.25) is 0 Å². The van der Waals surface area contributed by atoms with Gasteiger partial charge in [-0.3, -0.25) is 4.79 Å². The lowest BCUT2D eigenvalue weighted by Gasteiger charge is -2.08. The first kappa shape index (κ1) is 10.7. The average molecular weight is 208 g/mol. The summed E-state index contributed by atoms with van der Waals surface area (Å²) >= 11 is 0. The Bertz CT molecular complexity index is 332. The molecular weight excluding hydrogens is 201 g/mol. The van der Waals surface area contributed by atoms with Crippen molar-refractivity contribution in [1.82, 2.24) is 9.78 Å². The van der Waals surface area contributed by atoms with Gasteiger partial charge in [0.1, 0.15) is 18.1 Å². The third-order valence-electron chi connectivity index (χ3n) is 1.46. The smallest absolute Gasteiger partial charge is 0.362 e. The van der Waals surface area contributed by atoms with Gasteiger partial charge in [-0.15, -0.1) is 0 Å². The average Bonchev–Trinajstić information content (AvgIpc) is 2.48. The Balaban J connectivity index is 3.12. The first-order valence-corrected chi connectivity index (χ1v) is 3.58. The Hall–Kier alpha value is -1.37. The number of alkyl halides is 3. The maximum Gasteiger partial charge on any atom is 0.433 e. The van der Waals surface area contributed by atoms with E-state index in [0.29, 0.717) is 10.7 Å². The van der Waals surface area contributed by atoms with Crippen molar-refractivity contribution in [3.63, 3.8) is 0 Å². The van der Waals surface area contributed by atoms with Gasteiger partial charge in [-0.05, 0) is 6.07 Å². The molecule has 1 aromatic heterocycles. The summed E-state index contributed by atoms with van der Waals surface area (Å²) in [7, 11) is 1.24. The van der Waals surface area contributed by atoms with Crippen LogP contribution in [0.3, 0.4) is 0 Å². The topological polar surface area (TPSA) is 44.1 Å². The minimum absolute atomic E-state index is 0.251. The van der Waals surface area contributed by atoms with E-state index in [0.717, 1.165) is 0 Å². The van der Waals surface area contributed by atoms with E-state index in [1.165, 1.54) is 7.11 Å². The molecule has 78 valence electrons. The van der Waals surface area contributed by atoms with E-state index in [1.807, 2.05) is 0 Å². The van der Waals surface area contributed by atoms with Crippen LogP contribution in [0, 0.1) is 0 Å². The molecule has 0 radical (unpaired) electrons. The molecule has 0 aromatic carbocycles. The summed E-state index contributed by atoms with van der Waals surface area (Å²) in [6.45, 7) is -0.345. The highest BCUT2D eigenvalue weighted by Crippen LogP contribution is 2.29. The van der Waals surface area contributed by atoms with E-state index in [1.54, 1.807) is 0 Å². The van der Waals surface area contributed by atoms with Crippen molar-refractivity contribution in [2.24, 2.45) is 0 Å². The number of aromatic nitrogens is 2. The van der Waals surface area contributed by atoms with Crippen molar-refractivity contribution >= 4 is 6.29 Å². The van der Waals surface area contributed by atoms with E-state index < -0.39 is 11.9 Å². The monoisotopic (exact) mass is 208 g/mol. The third-order valence-corrected chi connectivity index (χ3v) is 1.46. The molecular formula is C7H7F3N2O2. The molecule has 7 heteroatoms. The normalized spacial score (nSPS) is 11.7. The third kappa shape index (κ3) is 2.11. The predicted octanol–water partition coefficient (Wildman–Crippen LogP) is 1.32. The molecule has 1 aromatic rings. The Labute approximate surface area is 77.3 Å². The number of methoxy groups -OCH3 is 1. The van der Waals surface area contributed by atoms with Crippen LogP contribution in [0.15, 0.2) is 6.07 Å². The fourth-order valence-electron chi connectivity index (χ4n) is 0.943. The highest BCUT2D eigenvalue weighted by Gasteiger charge is 2.35. The summed E-state index contributed by atoms with van der Waals surface area (Å²) in [6.07, 6.45) is -4.28. The van der Waals surface area contributed by atoms with E-state index >= 15 is 0 Å².